The second-order valence-corrected chi connectivity index (χ2v) is 4.73. The van der Waals surface area contributed by atoms with E-state index in [1.165, 1.54) is 11.3 Å². The largest absolute Gasteiger partial charge is 0.292 e. The van der Waals surface area contributed by atoms with E-state index in [0.717, 1.165) is 15.3 Å². The lowest BCUT2D eigenvalue weighted by Gasteiger charge is -1.94. The third kappa shape index (κ3) is 2.36. The van der Waals surface area contributed by atoms with Gasteiger partial charge in [-0.05, 0) is 17.7 Å². The Hall–Kier alpha value is -0.930. The predicted molar refractivity (Wildman–Crippen MR) is 67.9 cm³/mol. The Bertz CT molecular complexity index is 461. The predicted octanol–water partition coefficient (Wildman–Crippen LogP) is 3.99. The molecule has 0 bridgehead atoms. The zero-order valence-corrected chi connectivity index (χ0v) is 10.3. The number of alkyl halides is 1. The maximum absolute atomic E-state index is 11.4. The molecule has 1 heterocycles. The molecule has 1 aromatic heterocycles. The van der Waals surface area contributed by atoms with Crippen molar-refractivity contribution in [3.05, 3.63) is 47.3 Å². The Balaban J connectivity index is 2.32. The van der Waals surface area contributed by atoms with Gasteiger partial charge in [0.05, 0.1) is 10.2 Å². The van der Waals surface area contributed by atoms with Crippen LogP contribution >= 0.6 is 27.3 Å². The van der Waals surface area contributed by atoms with E-state index in [1.54, 1.807) is 0 Å². The SMILES string of the molecule is O=C(CBr)c1ccc(-c2ccccc2)s1. The molecule has 15 heavy (non-hydrogen) atoms. The minimum atomic E-state index is 0.141. The van der Waals surface area contributed by atoms with Gasteiger partial charge >= 0.3 is 0 Å². The molecule has 0 saturated heterocycles. The van der Waals surface area contributed by atoms with Crippen LogP contribution in [0.2, 0.25) is 0 Å². The van der Waals surface area contributed by atoms with Crippen LogP contribution in [-0.2, 0) is 0 Å². The first-order valence-electron chi connectivity index (χ1n) is 4.55. The third-order valence-corrected chi connectivity index (χ3v) is 3.75. The fraction of sp³-hybridized carbons (Fsp3) is 0.0833. The van der Waals surface area contributed by atoms with E-state index < -0.39 is 0 Å². The maximum atomic E-state index is 11.4. The van der Waals surface area contributed by atoms with Crippen molar-refractivity contribution >= 4 is 33.0 Å². The van der Waals surface area contributed by atoms with Crippen LogP contribution in [0.3, 0.4) is 0 Å². The summed E-state index contributed by atoms with van der Waals surface area (Å²) in [6.07, 6.45) is 0. The second-order valence-electron chi connectivity index (χ2n) is 3.09. The van der Waals surface area contributed by atoms with Crippen molar-refractivity contribution in [1.29, 1.82) is 0 Å². The van der Waals surface area contributed by atoms with E-state index in [9.17, 15) is 4.79 Å². The first kappa shape index (κ1) is 10.6. The smallest absolute Gasteiger partial charge is 0.183 e. The third-order valence-electron chi connectivity index (χ3n) is 2.06. The topological polar surface area (TPSA) is 17.1 Å². The first-order valence-corrected chi connectivity index (χ1v) is 6.49. The molecule has 0 aliphatic carbocycles. The van der Waals surface area contributed by atoms with Crippen LogP contribution < -0.4 is 0 Å². The quantitative estimate of drug-likeness (QED) is 0.614. The Kier molecular flexibility index (Phi) is 3.34. The van der Waals surface area contributed by atoms with E-state index in [0.29, 0.717) is 5.33 Å². The number of hydrogen-bond donors (Lipinski definition) is 0. The zero-order chi connectivity index (χ0) is 10.7. The molecular weight excluding hydrogens is 272 g/mol. The summed E-state index contributed by atoms with van der Waals surface area (Å²) in [4.78, 5) is 13.4. The van der Waals surface area contributed by atoms with Gasteiger partial charge in [0.15, 0.2) is 5.78 Å². The Labute approximate surface area is 101 Å². The first-order chi connectivity index (χ1) is 7.31. The van der Waals surface area contributed by atoms with Crippen molar-refractivity contribution < 1.29 is 4.79 Å². The van der Waals surface area contributed by atoms with Crippen molar-refractivity contribution in [1.82, 2.24) is 0 Å². The van der Waals surface area contributed by atoms with Crippen molar-refractivity contribution in [2.45, 2.75) is 0 Å². The van der Waals surface area contributed by atoms with Gasteiger partial charge in [0.2, 0.25) is 0 Å². The number of thiophene rings is 1. The summed E-state index contributed by atoms with van der Waals surface area (Å²) in [6.45, 7) is 0. The van der Waals surface area contributed by atoms with Crippen molar-refractivity contribution in [2.24, 2.45) is 0 Å². The molecule has 0 fully saturated rings. The molecule has 0 N–H and O–H groups in total. The van der Waals surface area contributed by atoms with Crippen LogP contribution in [0.5, 0.6) is 0 Å². The molecule has 0 saturated carbocycles. The summed E-state index contributed by atoms with van der Waals surface area (Å²) in [5.74, 6) is 0.141. The number of hydrogen-bond acceptors (Lipinski definition) is 2. The highest BCUT2D eigenvalue weighted by atomic mass is 79.9. The van der Waals surface area contributed by atoms with Crippen LogP contribution in [-0.4, -0.2) is 11.1 Å². The highest BCUT2D eigenvalue weighted by Crippen LogP contribution is 2.28. The van der Waals surface area contributed by atoms with E-state index in [4.69, 9.17) is 0 Å². The number of Topliss-reactive ketones (excluding diaryl/α,β-unsaturated/α-hetero) is 1. The van der Waals surface area contributed by atoms with Gasteiger partial charge in [-0.25, -0.2) is 0 Å². The maximum Gasteiger partial charge on any atom is 0.183 e. The van der Waals surface area contributed by atoms with Gasteiger partial charge in [0, 0.05) is 4.88 Å². The van der Waals surface area contributed by atoms with Gasteiger partial charge < -0.3 is 0 Å². The van der Waals surface area contributed by atoms with Gasteiger partial charge in [-0.1, -0.05) is 46.3 Å². The molecule has 76 valence electrons. The van der Waals surface area contributed by atoms with Gasteiger partial charge in [-0.2, -0.15) is 0 Å². The molecule has 0 aliphatic heterocycles. The molecule has 0 atom stereocenters. The zero-order valence-electron chi connectivity index (χ0n) is 7.94. The number of ketones is 1. The minimum Gasteiger partial charge on any atom is -0.292 e. The van der Waals surface area contributed by atoms with Crippen molar-refractivity contribution in [3.63, 3.8) is 0 Å². The monoisotopic (exact) mass is 280 g/mol. The lowest BCUT2D eigenvalue weighted by atomic mass is 10.2. The van der Waals surface area contributed by atoms with Crippen LogP contribution in [0.15, 0.2) is 42.5 Å². The van der Waals surface area contributed by atoms with Crippen LogP contribution in [0.4, 0.5) is 0 Å². The molecule has 0 spiro atoms. The summed E-state index contributed by atoms with van der Waals surface area (Å²) in [5, 5.41) is 0.391. The number of benzene rings is 1. The average molecular weight is 281 g/mol. The summed E-state index contributed by atoms with van der Waals surface area (Å²) in [7, 11) is 0. The molecule has 2 aromatic rings. The molecule has 0 aliphatic rings. The van der Waals surface area contributed by atoms with Crippen molar-refractivity contribution in [3.8, 4) is 10.4 Å². The summed E-state index contributed by atoms with van der Waals surface area (Å²) < 4.78 is 0. The normalized spacial score (nSPS) is 10.2. The number of rotatable bonds is 3. The summed E-state index contributed by atoms with van der Waals surface area (Å²) >= 11 is 4.71. The fourth-order valence-corrected chi connectivity index (χ4v) is 2.75. The van der Waals surface area contributed by atoms with Gasteiger partial charge in [-0.15, -0.1) is 11.3 Å². The molecule has 0 radical (unpaired) electrons. The minimum absolute atomic E-state index is 0.141. The lowest BCUT2D eigenvalue weighted by molar-refractivity contribution is 0.102. The number of halogens is 1. The second kappa shape index (κ2) is 4.73. The molecule has 1 aromatic carbocycles. The fourth-order valence-electron chi connectivity index (χ4n) is 1.31. The lowest BCUT2D eigenvalue weighted by Crippen LogP contribution is -1.94. The summed E-state index contributed by atoms with van der Waals surface area (Å²) in [5.41, 5.74) is 1.16. The van der Waals surface area contributed by atoms with Crippen LogP contribution in [0.25, 0.3) is 10.4 Å². The Morgan fingerprint density at radius 1 is 1.13 bits per heavy atom. The molecule has 3 heteroatoms. The summed E-state index contributed by atoms with van der Waals surface area (Å²) in [6, 6.07) is 14.0. The molecule has 0 amide bonds. The molecule has 2 rings (SSSR count). The van der Waals surface area contributed by atoms with E-state index >= 15 is 0 Å². The standard InChI is InChI=1S/C12H9BrOS/c13-8-10(14)12-7-6-11(15-12)9-4-2-1-3-5-9/h1-7H,8H2. The molecule has 0 unspecified atom stereocenters. The van der Waals surface area contributed by atoms with Gasteiger partial charge in [-0.3, -0.25) is 4.79 Å². The van der Waals surface area contributed by atoms with E-state index in [2.05, 4.69) is 15.9 Å². The van der Waals surface area contributed by atoms with Crippen LogP contribution in [0, 0.1) is 0 Å². The van der Waals surface area contributed by atoms with Gasteiger partial charge in [0.25, 0.3) is 0 Å². The van der Waals surface area contributed by atoms with Crippen molar-refractivity contribution in [2.75, 3.05) is 5.33 Å². The number of carbonyl (C=O) groups is 1. The average Bonchev–Trinajstić information content (AvgIpc) is 2.78. The molecule has 1 nitrogen and oxygen atoms in total. The van der Waals surface area contributed by atoms with E-state index in [-0.39, 0.29) is 5.78 Å². The van der Waals surface area contributed by atoms with Crippen LogP contribution in [0.1, 0.15) is 9.67 Å². The Morgan fingerprint density at radius 3 is 2.53 bits per heavy atom. The highest BCUT2D eigenvalue weighted by molar-refractivity contribution is 9.09. The van der Waals surface area contributed by atoms with E-state index in [1.807, 2.05) is 42.5 Å². The number of carbonyl (C=O) groups excluding carboxylic acids is 1. The Morgan fingerprint density at radius 2 is 1.87 bits per heavy atom. The van der Waals surface area contributed by atoms with Gasteiger partial charge in [0.1, 0.15) is 0 Å². The molecular formula is C12H9BrOS. The highest BCUT2D eigenvalue weighted by Gasteiger charge is 2.08.